The molecule has 0 radical (unpaired) electrons. The van der Waals surface area contributed by atoms with E-state index in [0.717, 1.165) is 5.92 Å². The van der Waals surface area contributed by atoms with Crippen LogP contribution in [0, 0.1) is 0 Å². The lowest BCUT2D eigenvalue weighted by Crippen LogP contribution is -2.22. The maximum atomic E-state index is 3.38. The maximum Gasteiger partial charge on any atom is 0.0320 e. The number of benzene rings is 1. The lowest BCUT2D eigenvalue weighted by molar-refractivity contribution is 0.460. The van der Waals surface area contributed by atoms with Gasteiger partial charge in [-0.25, -0.2) is 0 Å². The van der Waals surface area contributed by atoms with Gasteiger partial charge in [0, 0.05) is 6.04 Å². The Labute approximate surface area is 80.2 Å². The van der Waals surface area contributed by atoms with Gasteiger partial charge in [0.15, 0.2) is 0 Å². The van der Waals surface area contributed by atoms with E-state index < -0.39 is 0 Å². The van der Waals surface area contributed by atoms with Crippen molar-refractivity contribution in [3.8, 4) is 0 Å². The summed E-state index contributed by atoms with van der Waals surface area (Å²) < 4.78 is 0. The minimum absolute atomic E-state index is 0.576. The molecule has 0 heterocycles. The highest BCUT2D eigenvalue weighted by Gasteiger charge is 2.22. The molecular formula is C12H17N. The fourth-order valence-electron chi connectivity index (χ4n) is 2.30. The summed E-state index contributed by atoms with van der Waals surface area (Å²) in [5.74, 6) is 0.737. The highest BCUT2D eigenvalue weighted by molar-refractivity contribution is 5.34. The maximum absolute atomic E-state index is 3.38. The summed E-state index contributed by atoms with van der Waals surface area (Å²) >= 11 is 0. The Kier molecular flexibility index (Phi) is 2.36. The first kappa shape index (κ1) is 8.76. The van der Waals surface area contributed by atoms with Crippen LogP contribution < -0.4 is 5.32 Å². The molecule has 13 heavy (non-hydrogen) atoms. The SMILES string of the molecule is CN[C@@H]1CC[C@H](C)c2ccccc21. The molecule has 0 saturated heterocycles. The average molecular weight is 175 g/mol. The molecule has 0 aliphatic heterocycles. The molecule has 0 amide bonds. The highest BCUT2D eigenvalue weighted by Crippen LogP contribution is 2.36. The molecular weight excluding hydrogens is 158 g/mol. The summed E-state index contributed by atoms with van der Waals surface area (Å²) in [5, 5.41) is 3.38. The minimum Gasteiger partial charge on any atom is -0.313 e. The summed E-state index contributed by atoms with van der Waals surface area (Å²) in [6, 6.07) is 9.39. The van der Waals surface area contributed by atoms with Crippen molar-refractivity contribution < 1.29 is 0 Å². The van der Waals surface area contributed by atoms with E-state index in [1.54, 1.807) is 0 Å². The van der Waals surface area contributed by atoms with Crippen LogP contribution in [-0.4, -0.2) is 7.05 Å². The van der Waals surface area contributed by atoms with Gasteiger partial charge >= 0.3 is 0 Å². The van der Waals surface area contributed by atoms with Gasteiger partial charge < -0.3 is 5.32 Å². The molecule has 0 aromatic heterocycles. The van der Waals surface area contributed by atoms with Gasteiger partial charge in [-0.3, -0.25) is 0 Å². The van der Waals surface area contributed by atoms with Crippen molar-refractivity contribution in [2.45, 2.75) is 31.7 Å². The summed E-state index contributed by atoms with van der Waals surface area (Å²) in [7, 11) is 2.05. The second-order valence-electron chi connectivity index (χ2n) is 3.95. The molecule has 1 aliphatic rings. The third kappa shape index (κ3) is 1.49. The molecule has 1 aromatic carbocycles. The number of rotatable bonds is 1. The van der Waals surface area contributed by atoms with E-state index in [1.165, 1.54) is 24.0 Å². The van der Waals surface area contributed by atoms with E-state index in [-0.39, 0.29) is 0 Å². The summed E-state index contributed by atoms with van der Waals surface area (Å²) in [6.45, 7) is 2.32. The number of hydrogen-bond acceptors (Lipinski definition) is 1. The van der Waals surface area contributed by atoms with Crippen LogP contribution in [0.2, 0.25) is 0 Å². The van der Waals surface area contributed by atoms with E-state index in [0.29, 0.717) is 6.04 Å². The fourth-order valence-corrected chi connectivity index (χ4v) is 2.30. The van der Waals surface area contributed by atoms with Crippen molar-refractivity contribution in [1.29, 1.82) is 0 Å². The van der Waals surface area contributed by atoms with Crippen molar-refractivity contribution in [3.63, 3.8) is 0 Å². The number of fused-ring (bicyclic) bond motifs is 1. The third-order valence-corrected chi connectivity index (χ3v) is 3.14. The van der Waals surface area contributed by atoms with Crippen LogP contribution in [0.1, 0.15) is 42.9 Å². The van der Waals surface area contributed by atoms with Crippen LogP contribution in [0.15, 0.2) is 24.3 Å². The average Bonchev–Trinajstić information content (AvgIpc) is 2.19. The molecule has 0 bridgehead atoms. The van der Waals surface area contributed by atoms with Crippen LogP contribution in [0.5, 0.6) is 0 Å². The zero-order valence-electron chi connectivity index (χ0n) is 8.38. The molecule has 2 rings (SSSR count). The Hall–Kier alpha value is -0.820. The van der Waals surface area contributed by atoms with Gasteiger partial charge in [-0.05, 0) is 36.9 Å². The van der Waals surface area contributed by atoms with Crippen LogP contribution in [-0.2, 0) is 0 Å². The van der Waals surface area contributed by atoms with Crippen LogP contribution in [0.3, 0.4) is 0 Å². The van der Waals surface area contributed by atoms with E-state index in [9.17, 15) is 0 Å². The molecule has 0 fully saturated rings. The van der Waals surface area contributed by atoms with E-state index >= 15 is 0 Å². The monoisotopic (exact) mass is 175 g/mol. The zero-order valence-corrected chi connectivity index (χ0v) is 8.38. The third-order valence-electron chi connectivity index (χ3n) is 3.14. The van der Waals surface area contributed by atoms with Crippen molar-refractivity contribution in [2.24, 2.45) is 0 Å². The minimum atomic E-state index is 0.576. The molecule has 0 spiro atoms. The topological polar surface area (TPSA) is 12.0 Å². The summed E-state index contributed by atoms with van der Waals surface area (Å²) in [4.78, 5) is 0. The molecule has 0 saturated carbocycles. The molecule has 0 unspecified atom stereocenters. The van der Waals surface area contributed by atoms with Gasteiger partial charge in [-0.15, -0.1) is 0 Å². The second kappa shape index (κ2) is 3.51. The summed E-state index contributed by atoms with van der Waals surface area (Å²) in [5.41, 5.74) is 3.04. The first-order valence-corrected chi connectivity index (χ1v) is 5.09. The van der Waals surface area contributed by atoms with Crippen molar-refractivity contribution in [1.82, 2.24) is 5.32 Å². The lowest BCUT2D eigenvalue weighted by Gasteiger charge is -2.29. The van der Waals surface area contributed by atoms with Gasteiger partial charge in [0.05, 0.1) is 0 Å². The Bertz CT molecular complexity index is 293. The van der Waals surface area contributed by atoms with Gasteiger partial charge in [-0.1, -0.05) is 31.2 Å². The molecule has 70 valence electrons. The van der Waals surface area contributed by atoms with Gasteiger partial charge in [0.25, 0.3) is 0 Å². The Morgan fingerprint density at radius 3 is 2.54 bits per heavy atom. The number of hydrogen-bond donors (Lipinski definition) is 1. The molecule has 1 N–H and O–H groups in total. The first-order valence-electron chi connectivity index (χ1n) is 5.09. The first-order chi connectivity index (χ1) is 6.33. The normalized spacial score (nSPS) is 26.9. The smallest absolute Gasteiger partial charge is 0.0320 e. The predicted molar refractivity (Wildman–Crippen MR) is 55.9 cm³/mol. The van der Waals surface area contributed by atoms with Gasteiger partial charge in [0.1, 0.15) is 0 Å². The van der Waals surface area contributed by atoms with E-state index in [2.05, 4.69) is 43.6 Å². The van der Waals surface area contributed by atoms with E-state index in [1.807, 2.05) is 0 Å². The van der Waals surface area contributed by atoms with Crippen molar-refractivity contribution in [2.75, 3.05) is 7.05 Å². The summed E-state index contributed by atoms with van der Waals surface area (Å²) in [6.07, 6.45) is 2.58. The van der Waals surface area contributed by atoms with Crippen LogP contribution in [0.4, 0.5) is 0 Å². The quantitative estimate of drug-likeness (QED) is 0.692. The van der Waals surface area contributed by atoms with Gasteiger partial charge in [0.2, 0.25) is 0 Å². The standard InChI is InChI=1S/C12H17N/c1-9-7-8-12(13-2)11-6-4-3-5-10(9)11/h3-6,9,12-13H,7-8H2,1-2H3/t9-,12+/m0/s1. The van der Waals surface area contributed by atoms with Crippen LogP contribution in [0.25, 0.3) is 0 Å². The molecule has 1 heteroatoms. The predicted octanol–water partition coefficient (Wildman–Crippen LogP) is 2.84. The number of nitrogens with one attached hydrogen (secondary N) is 1. The van der Waals surface area contributed by atoms with Crippen molar-refractivity contribution >= 4 is 0 Å². The highest BCUT2D eigenvalue weighted by atomic mass is 14.9. The Balaban J connectivity index is 2.42. The van der Waals surface area contributed by atoms with E-state index in [4.69, 9.17) is 0 Å². The lowest BCUT2D eigenvalue weighted by atomic mass is 9.81. The van der Waals surface area contributed by atoms with Crippen LogP contribution >= 0.6 is 0 Å². The fraction of sp³-hybridized carbons (Fsp3) is 0.500. The molecule has 1 nitrogen and oxygen atoms in total. The molecule has 1 aromatic rings. The zero-order chi connectivity index (χ0) is 9.26. The Morgan fingerprint density at radius 2 is 1.85 bits per heavy atom. The van der Waals surface area contributed by atoms with Gasteiger partial charge in [-0.2, -0.15) is 0 Å². The molecule has 1 aliphatic carbocycles. The largest absolute Gasteiger partial charge is 0.313 e. The van der Waals surface area contributed by atoms with Crippen molar-refractivity contribution in [3.05, 3.63) is 35.4 Å². The second-order valence-corrected chi connectivity index (χ2v) is 3.95. The Morgan fingerprint density at radius 1 is 1.15 bits per heavy atom. The molecule has 2 atom stereocenters.